The number of carbonyl (C=O) groups is 1. The van der Waals surface area contributed by atoms with Crippen molar-refractivity contribution in [3.63, 3.8) is 0 Å². The van der Waals surface area contributed by atoms with E-state index in [1.54, 1.807) is 4.68 Å². The number of aryl methyl sites for hydroxylation is 1. The van der Waals surface area contributed by atoms with Crippen molar-refractivity contribution in [1.29, 1.82) is 0 Å². The topological polar surface area (TPSA) is 46.9 Å². The second-order valence-corrected chi connectivity index (χ2v) is 5.52. The van der Waals surface area contributed by atoms with Crippen molar-refractivity contribution in [1.82, 2.24) is 15.1 Å². The molecule has 0 aliphatic rings. The van der Waals surface area contributed by atoms with Gasteiger partial charge in [0, 0.05) is 23.3 Å². The van der Waals surface area contributed by atoms with Gasteiger partial charge in [-0.1, -0.05) is 34.1 Å². The predicted octanol–water partition coefficient (Wildman–Crippen LogP) is 2.48. The van der Waals surface area contributed by atoms with E-state index in [-0.39, 0.29) is 11.4 Å². The molecule has 2 aromatic rings. The Morgan fingerprint density at radius 3 is 2.78 bits per heavy atom. The zero-order valence-corrected chi connectivity index (χ0v) is 12.3. The average molecular weight is 310 g/mol. The first-order valence-corrected chi connectivity index (χ1v) is 6.87. The summed E-state index contributed by atoms with van der Waals surface area (Å²) >= 11 is 3.39. The Kier molecular flexibility index (Phi) is 3.43. The maximum Gasteiger partial charge on any atom is 0.272 e. The molecule has 0 aliphatic heterocycles. The van der Waals surface area contributed by atoms with Crippen molar-refractivity contribution in [2.75, 3.05) is 5.33 Å². The Morgan fingerprint density at radius 2 is 2.11 bits per heavy atom. The van der Waals surface area contributed by atoms with Gasteiger partial charge < -0.3 is 5.32 Å². The molecule has 2 rings (SSSR count). The van der Waals surface area contributed by atoms with E-state index in [2.05, 4.69) is 26.3 Å². The van der Waals surface area contributed by atoms with Gasteiger partial charge in [0.2, 0.25) is 0 Å². The van der Waals surface area contributed by atoms with Gasteiger partial charge in [0.1, 0.15) is 0 Å². The minimum absolute atomic E-state index is 0.142. The molecule has 0 spiro atoms. The Bertz CT molecular complexity index is 589. The average Bonchev–Trinajstić information content (AvgIpc) is 2.67. The molecule has 96 valence electrons. The van der Waals surface area contributed by atoms with Gasteiger partial charge >= 0.3 is 0 Å². The van der Waals surface area contributed by atoms with Crippen LogP contribution in [0.15, 0.2) is 24.3 Å². The lowest BCUT2D eigenvalue weighted by atomic mass is 10.1. The first-order chi connectivity index (χ1) is 8.44. The maximum absolute atomic E-state index is 12.2. The van der Waals surface area contributed by atoms with Gasteiger partial charge in [0.05, 0.1) is 5.52 Å². The minimum Gasteiger partial charge on any atom is -0.345 e. The van der Waals surface area contributed by atoms with E-state index in [4.69, 9.17) is 0 Å². The van der Waals surface area contributed by atoms with Crippen molar-refractivity contribution in [2.45, 2.75) is 19.4 Å². The molecule has 1 amide bonds. The molecule has 0 unspecified atom stereocenters. The van der Waals surface area contributed by atoms with Crippen LogP contribution in [0.4, 0.5) is 0 Å². The lowest BCUT2D eigenvalue weighted by Gasteiger charge is -2.22. The van der Waals surface area contributed by atoms with E-state index in [0.29, 0.717) is 11.0 Å². The molecular formula is C13H16BrN3O. The molecule has 5 heteroatoms. The van der Waals surface area contributed by atoms with E-state index < -0.39 is 0 Å². The molecule has 0 atom stereocenters. The number of halogens is 1. The van der Waals surface area contributed by atoms with Crippen LogP contribution in [0.2, 0.25) is 0 Å². The van der Waals surface area contributed by atoms with Gasteiger partial charge in [-0.05, 0) is 19.9 Å². The number of hydrogen-bond donors (Lipinski definition) is 1. The van der Waals surface area contributed by atoms with Gasteiger partial charge in [-0.3, -0.25) is 9.48 Å². The lowest BCUT2D eigenvalue weighted by molar-refractivity contribution is 0.0917. The van der Waals surface area contributed by atoms with E-state index in [1.807, 2.05) is 45.2 Å². The van der Waals surface area contributed by atoms with Crippen LogP contribution in [0.1, 0.15) is 24.3 Å². The van der Waals surface area contributed by atoms with Crippen LogP contribution >= 0.6 is 15.9 Å². The number of amides is 1. The van der Waals surface area contributed by atoms with Crippen LogP contribution in [0, 0.1) is 0 Å². The van der Waals surface area contributed by atoms with Gasteiger partial charge in [0.15, 0.2) is 5.69 Å². The fourth-order valence-electron chi connectivity index (χ4n) is 1.78. The number of nitrogens with one attached hydrogen (secondary N) is 1. The normalized spacial score (nSPS) is 11.8. The Hall–Kier alpha value is -1.36. The number of rotatable bonds is 3. The van der Waals surface area contributed by atoms with Crippen molar-refractivity contribution >= 4 is 32.7 Å². The molecule has 0 saturated heterocycles. The summed E-state index contributed by atoms with van der Waals surface area (Å²) in [5, 5.41) is 8.83. The number of nitrogens with zero attached hydrogens (tertiary/aromatic N) is 2. The highest BCUT2D eigenvalue weighted by Crippen LogP contribution is 2.18. The summed E-state index contributed by atoms with van der Waals surface area (Å²) in [6.45, 7) is 3.93. The number of aromatic nitrogens is 2. The summed E-state index contributed by atoms with van der Waals surface area (Å²) in [5.41, 5.74) is 1.14. The quantitative estimate of drug-likeness (QED) is 0.885. The molecule has 1 N–H and O–H groups in total. The summed E-state index contributed by atoms with van der Waals surface area (Å²) in [6, 6.07) is 7.72. The third-order valence-electron chi connectivity index (χ3n) is 2.76. The standard InChI is InChI=1S/C13H16BrN3O/c1-13(2,8-14)15-12(18)11-9-6-4-5-7-10(9)17(3)16-11/h4-7H,8H2,1-3H3,(H,15,18). The molecule has 1 aromatic heterocycles. The summed E-state index contributed by atoms with van der Waals surface area (Å²) in [5.74, 6) is -0.142. The molecule has 1 aromatic carbocycles. The van der Waals surface area contributed by atoms with E-state index >= 15 is 0 Å². The zero-order chi connectivity index (χ0) is 13.3. The largest absolute Gasteiger partial charge is 0.345 e. The molecular weight excluding hydrogens is 294 g/mol. The zero-order valence-electron chi connectivity index (χ0n) is 10.7. The molecule has 0 aliphatic carbocycles. The van der Waals surface area contributed by atoms with Crippen LogP contribution in [0.25, 0.3) is 10.9 Å². The van der Waals surface area contributed by atoms with Gasteiger partial charge in [-0.2, -0.15) is 5.10 Å². The fraction of sp³-hybridized carbons (Fsp3) is 0.385. The second kappa shape index (κ2) is 4.72. The van der Waals surface area contributed by atoms with E-state index in [0.717, 1.165) is 10.9 Å². The second-order valence-electron chi connectivity index (χ2n) is 4.96. The van der Waals surface area contributed by atoms with Crippen molar-refractivity contribution in [2.24, 2.45) is 7.05 Å². The fourth-order valence-corrected chi connectivity index (χ4v) is 1.92. The first kappa shape index (κ1) is 13.1. The van der Waals surface area contributed by atoms with Crippen molar-refractivity contribution < 1.29 is 4.79 Å². The number of para-hydroxylation sites is 1. The number of hydrogen-bond acceptors (Lipinski definition) is 2. The highest BCUT2D eigenvalue weighted by Gasteiger charge is 2.23. The summed E-state index contributed by atoms with van der Waals surface area (Å²) in [7, 11) is 1.84. The minimum atomic E-state index is -0.296. The van der Waals surface area contributed by atoms with Crippen LogP contribution < -0.4 is 5.32 Å². The van der Waals surface area contributed by atoms with E-state index in [9.17, 15) is 4.79 Å². The summed E-state index contributed by atoms with van der Waals surface area (Å²) < 4.78 is 1.73. The molecule has 0 radical (unpaired) electrons. The third-order valence-corrected chi connectivity index (χ3v) is 4.16. The molecule has 0 fully saturated rings. The number of alkyl halides is 1. The maximum atomic E-state index is 12.2. The number of carbonyl (C=O) groups excluding carboxylic acids is 1. The monoisotopic (exact) mass is 309 g/mol. The van der Waals surface area contributed by atoms with Crippen molar-refractivity contribution in [3.8, 4) is 0 Å². The van der Waals surface area contributed by atoms with Gasteiger partial charge in [0.25, 0.3) is 5.91 Å². The van der Waals surface area contributed by atoms with Crippen LogP contribution in [-0.4, -0.2) is 26.6 Å². The molecule has 4 nitrogen and oxygen atoms in total. The Labute approximate surface area is 114 Å². The molecule has 1 heterocycles. The van der Waals surface area contributed by atoms with E-state index in [1.165, 1.54) is 0 Å². The molecule has 0 bridgehead atoms. The Morgan fingerprint density at radius 1 is 1.44 bits per heavy atom. The van der Waals surface area contributed by atoms with Crippen LogP contribution in [-0.2, 0) is 7.05 Å². The highest BCUT2D eigenvalue weighted by atomic mass is 79.9. The number of fused-ring (bicyclic) bond motifs is 1. The third kappa shape index (κ3) is 2.41. The SMILES string of the molecule is Cn1nc(C(=O)NC(C)(C)CBr)c2ccccc21. The lowest BCUT2D eigenvalue weighted by Crippen LogP contribution is -2.45. The van der Waals surface area contributed by atoms with Crippen LogP contribution in [0.3, 0.4) is 0 Å². The van der Waals surface area contributed by atoms with Gasteiger partial charge in [-0.25, -0.2) is 0 Å². The Balaban J connectivity index is 2.40. The molecule has 0 saturated carbocycles. The first-order valence-electron chi connectivity index (χ1n) is 5.75. The summed E-state index contributed by atoms with van der Waals surface area (Å²) in [4.78, 5) is 12.2. The smallest absolute Gasteiger partial charge is 0.272 e. The summed E-state index contributed by atoms with van der Waals surface area (Å²) in [6.07, 6.45) is 0. The highest BCUT2D eigenvalue weighted by molar-refractivity contribution is 9.09. The van der Waals surface area contributed by atoms with Crippen molar-refractivity contribution in [3.05, 3.63) is 30.0 Å². The number of benzene rings is 1. The van der Waals surface area contributed by atoms with Crippen LogP contribution in [0.5, 0.6) is 0 Å². The van der Waals surface area contributed by atoms with Gasteiger partial charge in [-0.15, -0.1) is 0 Å². The molecule has 18 heavy (non-hydrogen) atoms. The predicted molar refractivity (Wildman–Crippen MR) is 76.1 cm³/mol.